The standard InChI is InChI=1S/C20H22O6/c1-3-13-14(9-10-15(19(23)24)20(25)26-2)18(17(22)11-16(13)21)12-7-5-4-6-8-12/h4-8,11,15,21-22H,3,9-10H2,1-2H3,(H,23,24). The van der Waals surface area contributed by atoms with E-state index in [9.17, 15) is 24.9 Å². The zero-order valence-electron chi connectivity index (χ0n) is 14.7. The maximum absolute atomic E-state index is 11.7. The first-order chi connectivity index (χ1) is 12.4. The molecule has 6 nitrogen and oxygen atoms in total. The van der Waals surface area contributed by atoms with Crippen LogP contribution >= 0.6 is 0 Å². The monoisotopic (exact) mass is 358 g/mol. The van der Waals surface area contributed by atoms with Gasteiger partial charge in [0.1, 0.15) is 11.5 Å². The van der Waals surface area contributed by atoms with Gasteiger partial charge in [-0.15, -0.1) is 0 Å². The molecule has 1 unspecified atom stereocenters. The SMILES string of the molecule is CCc1c(O)cc(O)c(-c2ccccc2)c1CCC(C(=O)O)C(=O)OC. The van der Waals surface area contributed by atoms with Crippen molar-refractivity contribution in [3.05, 3.63) is 47.5 Å². The molecule has 0 bridgehead atoms. The van der Waals surface area contributed by atoms with Gasteiger partial charge in [0.15, 0.2) is 5.92 Å². The smallest absolute Gasteiger partial charge is 0.320 e. The molecular weight excluding hydrogens is 336 g/mol. The highest BCUT2D eigenvalue weighted by atomic mass is 16.5. The Labute approximate surface area is 151 Å². The molecule has 0 heterocycles. The summed E-state index contributed by atoms with van der Waals surface area (Å²) < 4.78 is 4.56. The van der Waals surface area contributed by atoms with E-state index in [1.165, 1.54) is 6.07 Å². The third-order valence-corrected chi connectivity index (χ3v) is 4.39. The molecule has 0 aliphatic carbocycles. The summed E-state index contributed by atoms with van der Waals surface area (Å²) in [6.07, 6.45) is 0.691. The van der Waals surface area contributed by atoms with Crippen LogP contribution in [0.4, 0.5) is 0 Å². The van der Waals surface area contributed by atoms with Crippen LogP contribution in [0.1, 0.15) is 24.5 Å². The zero-order chi connectivity index (χ0) is 19.3. The minimum absolute atomic E-state index is 0.00225. The van der Waals surface area contributed by atoms with Crippen molar-refractivity contribution >= 4 is 11.9 Å². The number of aliphatic carboxylic acids is 1. The van der Waals surface area contributed by atoms with Crippen LogP contribution in [0.15, 0.2) is 36.4 Å². The van der Waals surface area contributed by atoms with Crippen molar-refractivity contribution in [2.24, 2.45) is 5.92 Å². The van der Waals surface area contributed by atoms with Crippen molar-refractivity contribution in [2.75, 3.05) is 7.11 Å². The Hall–Kier alpha value is -3.02. The molecule has 3 N–H and O–H groups in total. The van der Waals surface area contributed by atoms with Crippen LogP contribution in [-0.4, -0.2) is 34.4 Å². The molecule has 26 heavy (non-hydrogen) atoms. The molecule has 0 aliphatic rings. The first-order valence-corrected chi connectivity index (χ1v) is 8.33. The van der Waals surface area contributed by atoms with E-state index in [1.54, 1.807) is 0 Å². The van der Waals surface area contributed by atoms with Gasteiger partial charge in [-0.3, -0.25) is 9.59 Å². The normalized spacial score (nSPS) is 11.8. The summed E-state index contributed by atoms with van der Waals surface area (Å²) in [4.78, 5) is 23.1. The Morgan fingerprint density at radius 1 is 1.08 bits per heavy atom. The molecule has 0 amide bonds. The van der Waals surface area contributed by atoms with Gasteiger partial charge in [0.05, 0.1) is 7.11 Å². The second-order valence-corrected chi connectivity index (χ2v) is 5.92. The van der Waals surface area contributed by atoms with Crippen molar-refractivity contribution in [3.8, 4) is 22.6 Å². The van der Waals surface area contributed by atoms with Gasteiger partial charge in [0.2, 0.25) is 0 Å². The topological polar surface area (TPSA) is 104 Å². The first-order valence-electron chi connectivity index (χ1n) is 8.33. The Kier molecular flexibility index (Phi) is 6.22. The van der Waals surface area contributed by atoms with Crippen LogP contribution in [0.25, 0.3) is 11.1 Å². The van der Waals surface area contributed by atoms with E-state index < -0.39 is 17.9 Å². The van der Waals surface area contributed by atoms with Crippen LogP contribution in [0.5, 0.6) is 11.5 Å². The molecular formula is C20H22O6. The summed E-state index contributed by atoms with van der Waals surface area (Å²) in [7, 11) is 1.14. The Morgan fingerprint density at radius 3 is 2.27 bits per heavy atom. The predicted octanol–water partition coefficient (Wildman–Crippen LogP) is 3.13. The molecule has 0 saturated heterocycles. The summed E-state index contributed by atoms with van der Waals surface area (Å²) in [6.45, 7) is 1.86. The Bertz CT molecular complexity index is 798. The van der Waals surface area contributed by atoms with E-state index >= 15 is 0 Å². The van der Waals surface area contributed by atoms with E-state index in [0.717, 1.165) is 12.7 Å². The van der Waals surface area contributed by atoms with Crippen molar-refractivity contribution in [1.82, 2.24) is 0 Å². The number of methoxy groups -OCH3 is 1. The molecule has 0 fully saturated rings. The number of phenolic OH excluding ortho intramolecular Hbond substituents is 2. The van der Waals surface area contributed by atoms with Crippen molar-refractivity contribution in [3.63, 3.8) is 0 Å². The summed E-state index contributed by atoms with van der Waals surface area (Å²) >= 11 is 0. The number of hydrogen-bond donors (Lipinski definition) is 3. The number of carbonyl (C=O) groups excluding carboxylic acids is 1. The van der Waals surface area contributed by atoms with Gasteiger partial charge in [0.25, 0.3) is 0 Å². The van der Waals surface area contributed by atoms with Gasteiger partial charge >= 0.3 is 11.9 Å². The molecule has 138 valence electrons. The van der Waals surface area contributed by atoms with E-state index in [1.807, 2.05) is 37.3 Å². The molecule has 2 aromatic rings. The van der Waals surface area contributed by atoms with E-state index in [-0.39, 0.29) is 24.3 Å². The van der Waals surface area contributed by atoms with Gasteiger partial charge in [-0.1, -0.05) is 37.3 Å². The average Bonchev–Trinajstić information content (AvgIpc) is 2.62. The number of rotatable bonds is 7. The summed E-state index contributed by atoms with van der Waals surface area (Å²) in [5.74, 6) is -3.53. The molecule has 2 rings (SSSR count). The number of ether oxygens (including phenoxy) is 1. The third kappa shape index (κ3) is 3.96. The number of aromatic hydroxyl groups is 2. The van der Waals surface area contributed by atoms with Crippen LogP contribution in [0, 0.1) is 5.92 Å². The lowest BCUT2D eigenvalue weighted by Gasteiger charge is -2.19. The first kappa shape index (κ1) is 19.3. The number of hydrogen-bond acceptors (Lipinski definition) is 5. The van der Waals surface area contributed by atoms with Crippen LogP contribution < -0.4 is 0 Å². The highest BCUT2D eigenvalue weighted by Gasteiger charge is 2.28. The van der Waals surface area contributed by atoms with Gasteiger partial charge in [-0.25, -0.2) is 0 Å². The van der Waals surface area contributed by atoms with Crippen LogP contribution in [0.2, 0.25) is 0 Å². The third-order valence-electron chi connectivity index (χ3n) is 4.39. The van der Waals surface area contributed by atoms with Crippen molar-refractivity contribution in [1.29, 1.82) is 0 Å². The fraction of sp³-hybridized carbons (Fsp3) is 0.300. The van der Waals surface area contributed by atoms with Crippen molar-refractivity contribution < 1.29 is 29.6 Å². The predicted molar refractivity (Wildman–Crippen MR) is 96.0 cm³/mol. The lowest BCUT2D eigenvalue weighted by Crippen LogP contribution is -2.25. The summed E-state index contributed by atoms with van der Waals surface area (Å²) in [6, 6.07) is 10.4. The highest BCUT2D eigenvalue weighted by Crippen LogP contribution is 2.40. The largest absolute Gasteiger partial charge is 0.508 e. The van der Waals surface area contributed by atoms with Gasteiger partial charge in [0, 0.05) is 11.6 Å². The van der Waals surface area contributed by atoms with Crippen LogP contribution in [-0.2, 0) is 27.2 Å². The molecule has 1 atom stereocenters. The number of carbonyl (C=O) groups is 2. The molecule has 2 aromatic carbocycles. The van der Waals surface area contributed by atoms with E-state index in [0.29, 0.717) is 23.1 Å². The Balaban J connectivity index is 2.52. The maximum Gasteiger partial charge on any atom is 0.320 e. The maximum atomic E-state index is 11.7. The van der Waals surface area contributed by atoms with E-state index in [4.69, 9.17) is 0 Å². The second kappa shape index (κ2) is 8.38. The molecule has 0 aromatic heterocycles. The zero-order valence-corrected chi connectivity index (χ0v) is 14.7. The van der Waals surface area contributed by atoms with Gasteiger partial charge in [-0.05, 0) is 36.0 Å². The van der Waals surface area contributed by atoms with E-state index in [2.05, 4.69) is 4.74 Å². The molecule has 6 heteroatoms. The fourth-order valence-electron chi connectivity index (χ4n) is 3.12. The second-order valence-electron chi connectivity index (χ2n) is 5.92. The highest BCUT2D eigenvalue weighted by molar-refractivity contribution is 5.93. The fourth-order valence-corrected chi connectivity index (χ4v) is 3.12. The number of phenols is 2. The van der Waals surface area contributed by atoms with Crippen LogP contribution in [0.3, 0.4) is 0 Å². The molecule has 0 aliphatic heterocycles. The minimum Gasteiger partial charge on any atom is -0.508 e. The van der Waals surface area contributed by atoms with Gasteiger partial charge < -0.3 is 20.1 Å². The number of carboxylic acids is 1. The lowest BCUT2D eigenvalue weighted by molar-refractivity contribution is -0.157. The quantitative estimate of drug-likeness (QED) is 0.519. The minimum atomic E-state index is -1.31. The number of carboxylic acid groups (broad SMARTS) is 1. The molecule has 0 saturated carbocycles. The number of benzene rings is 2. The lowest BCUT2D eigenvalue weighted by atomic mass is 9.87. The Morgan fingerprint density at radius 2 is 1.73 bits per heavy atom. The molecule has 0 spiro atoms. The number of esters is 1. The average molecular weight is 358 g/mol. The summed E-state index contributed by atoms with van der Waals surface area (Å²) in [5.41, 5.74) is 2.54. The van der Waals surface area contributed by atoms with Gasteiger partial charge in [-0.2, -0.15) is 0 Å². The van der Waals surface area contributed by atoms with Crippen molar-refractivity contribution in [2.45, 2.75) is 26.2 Å². The molecule has 0 radical (unpaired) electrons. The summed E-state index contributed by atoms with van der Waals surface area (Å²) in [5, 5.41) is 29.9.